The number of hydrogen-bond acceptors (Lipinski definition) is 6. The number of non-ortho nitro benzene ring substituents is 1. The highest BCUT2D eigenvalue weighted by Crippen LogP contribution is 2.36. The average molecular weight is 288 g/mol. The summed E-state index contributed by atoms with van der Waals surface area (Å²) in [6, 6.07) is 8.93. The molecule has 3 rings (SSSR count). The van der Waals surface area contributed by atoms with Gasteiger partial charge < -0.3 is 14.7 Å². The molecule has 1 heterocycles. The monoisotopic (exact) mass is 288 g/mol. The molecule has 1 fully saturated rings. The number of hydrazine groups is 1. The number of hydrogen-bond donors (Lipinski definition) is 2. The standard InChI is InChI=1S/C14H16N4O3/c15-16-10-6-12(8-13(7-10)18(19)20)17(11-3-4-11)9-14-2-1-5-21-14/h1-2,5-8,11,16H,3-4,9,15H2. The van der Waals surface area contributed by atoms with Crippen LogP contribution in [0.2, 0.25) is 0 Å². The molecule has 1 saturated carbocycles. The Morgan fingerprint density at radius 1 is 1.43 bits per heavy atom. The van der Waals surface area contributed by atoms with Gasteiger partial charge in [-0.25, -0.2) is 0 Å². The van der Waals surface area contributed by atoms with E-state index >= 15 is 0 Å². The van der Waals surface area contributed by atoms with Gasteiger partial charge in [-0.15, -0.1) is 0 Å². The van der Waals surface area contributed by atoms with E-state index < -0.39 is 4.92 Å². The first-order valence-corrected chi connectivity index (χ1v) is 6.72. The highest BCUT2D eigenvalue weighted by atomic mass is 16.6. The molecule has 0 bridgehead atoms. The van der Waals surface area contributed by atoms with Gasteiger partial charge in [0.15, 0.2) is 0 Å². The molecule has 0 saturated heterocycles. The van der Waals surface area contributed by atoms with Crippen molar-refractivity contribution in [2.24, 2.45) is 5.84 Å². The quantitative estimate of drug-likeness (QED) is 0.482. The van der Waals surface area contributed by atoms with E-state index in [2.05, 4.69) is 10.3 Å². The van der Waals surface area contributed by atoms with Gasteiger partial charge >= 0.3 is 0 Å². The van der Waals surface area contributed by atoms with E-state index in [1.54, 1.807) is 12.3 Å². The van der Waals surface area contributed by atoms with Gasteiger partial charge in [-0.05, 0) is 31.0 Å². The van der Waals surface area contributed by atoms with Gasteiger partial charge in [0.1, 0.15) is 5.76 Å². The first-order chi connectivity index (χ1) is 10.2. The number of nitro benzene ring substituents is 1. The van der Waals surface area contributed by atoms with Crippen LogP contribution in [0.25, 0.3) is 0 Å². The Kier molecular flexibility index (Phi) is 3.49. The normalized spacial score (nSPS) is 14.0. The third-order valence-corrected chi connectivity index (χ3v) is 3.51. The zero-order valence-electron chi connectivity index (χ0n) is 11.4. The van der Waals surface area contributed by atoms with Crippen molar-refractivity contribution in [1.82, 2.24) is 0 Å². The Bertz CT molecular complexity index is 638. The van der Waals surface area contributed by atoms with Gasteiger partial charge in [-0.2, -0.15) is 0 Å². The molecule has 0 amide bonds. The smallest absolute Gasteiger partial charge is 0.273 e. The van der Waals surface area contributed by atoms with Crippen LogP contribution in [0.3, 0.4) is 0 Å². The topological polar surface area (TPSA) is 97.6 Å². The number of furan rings is 1. The molecular formula is C14H16N4O3. The van der Waals surface area contributed by atoms with Crippen LogP contribution in [0.1, 0.15) is 18.6 Å². The zero-order valence-corrected chi connectivity index (χ0v) is 11.4. The summed E-state index contributed by atoms with van der Waals surface area (Å²) in [6.45, 7) is 0.586. The number of nitrogens with one attached hydrogen (secondary N) is 1. The lowest BCUT2D eigenvalue weighted by Crippen LogP contribution is -2.25. The molecule has 0 atom stereocenters. The van der Waals surface area contributed by atoms with Crippen molar-refractivity contribution >= 4 is 17.1 Å². The minimum absolute atomic E-state index is 0.0190. The molecule has 7 heteroatoms. The van der Waals surface area contributed by atoms with Crippen LogP contribution in [0, 0.1) is 10.1 Å². The number of anilines is 2. The van der Waals surface area contributed by atoms with Gasteiger partial charge in [0.05, 0.1) is 23.4 Å². The number of nitrogens with two attached hydrogens (primary N) is 1. The summed E-state index contributed by atoms with van der Waals surface area (Å²) in [7, 11) is 0. The van der Waals surface area contributed by atoms with Crippen LogP contribution >= 0.6 is 0 Å². The van der Waals surface area contributed by atoms with Crippen molar-refractivity contribution in [2.75, 3.05) is 10.3 Å². The predicted molar refractivity (Wildman–Crippen MR) is 78.8 cm³/mol. The molecule has 0 aliphatic heterocycles. The van der Waals surface area contributed by atoms with Crippen molar-refractivity contribution in [3.05, 3.63) is 52.5 Å². The number of nitro groups is 1. The Morgan fingerprint density at radius 3 is 2.81 bits per heavy atom. The molecule has 1 aliphatic rings. The minimum atomic E-state index is -0.414. The lowest BCUT2D eigenvalue weighted by molar-refractivity contribution is -0.384. The van der Waals surface area contributed by atoms with Crippen molar-refractivity contribution < 1.29 is 9.34 Å². The maximum absolute atomic E-state index is 11.0. The Morgan fingerprint density at radius 2 is 2.24 bits per heavy atom. The van der Waals surface area contributed by atoms with Crippen LogP contribution in [0.15, 0.2) is 41.0 Å². The van der Waals surface area contributed by atoms with Gasteiger partial charge in [0.2, 0.25) is 0 Å². The lowest BCUT2D eigenvalue weighted by Gasteiger charge is -2.24. The van der Waals surface area contributed by atoms with Crippen molar-refractivity contribution in [3.8, 4) is 0 Å². The summed E-state index contributed by atoms with van der Waals surface area (Å²) in [4.78, 5) is 12.7. The van der Waals surface area contributed by atoms with E-state index in [4.69, 9.17) is 10.3 Å². The molecule has 21 heavy (non-hydrogen) atoms. The number of nitrogens with zero attached hydrogens (tertiary/aromatic N) is 2. The Hall–Kier alpha value is -2.54. The molecule has 1 aromatic heterocycles. The fourth-order valence-electron chi connectivity index (χ4n) is 2.34. The van der Waals surface area contributed by atoms with Crippen LogP contribution in [-0.2, 0) is 6.54 Å². The lowest BCUT2D eigenvalue weighted by atomic mass is 10.2. The molecule has 3 N–H and O–H groups in total. The maximum Gasteiger partial charge on any atom is 0.273 e. The Balaban J connectivity index is 1.94. The molecule has 1 aliphatic carbocycles. The SMILES string of the molecule is NNc1cc(N(Cc2ccco2)C2CC2)cc([N+](=O)[O-])c1. The minimum Gasteiger partial charge on any atom is -0.467 e. The first-order valence-electron chi connectivity index (χ1n) is 6.72. The predicted octanol–water partition coefficient (Wildman–Crippen LogP) is 2.64. The summed E-state index contributed by atoms with van der Waals surface area (Å²) in [6.07, 6.45) is 3.78. The molecule has 1 aromatic carbocycles. The number of rotatable bonds is 6. The van der Waals surface area contributed by atoms with E-state index in [-0.39, 0.29) is 5.69 Å². The molecule has 0 radical (unpaired) electrons. The third kappa shape index (κ3) is 2.97. The number of benzene rings is 1. The molecule has 7 nitrogen and oxygen atoms in total. The Labute approximate surface area is 121 Å². The van der Waals surface area contributed by atoms with Gasteiger partial charge in [-0.1, -0.05) is 0 Å². The number of nitrogen functional groups attached to an aromatic ring is 1. The summed E-state index contributed by atoms with van der Waals surface area (Å²) in [5, 5.41) is 11.0. The van der Waals surface area contributed by atoms with Gasteiger partial charge in [-0.3, -0.25) is 16.0 Å². The molecular weight excluding hydrogens is 272 g/mol. The highest BCUT2D eigenvalue weighted by molar-refractivity contribution is 5.65. The molecule has 2 aromatic rings. The zero-order chi connectivity index (χ0) is 14.8. The summed E-state index contributed by atoms with van der Waals surface area (Å²) < 4.78 is 5.38. The molecule has 0 unspecified atom stereocenters. The van der Waals surface area contributed by atoms with E-state index in [0.29, 0.717) is 18.3 Å². The second-order valence-corrected chi connectivity index (χ2v) is 5.08. The fourth-order valence-corrected chi connectivity index (χ4v) is 2.34. The van der Waals surface area contributed by atoms with E-state index in [1.807, 2.05) is 18.2 Å². The van der Waals surface area contributed by atoms with Crippen LogP contribution < -0.4 is 16.2 Å². The van der Waals surface area contributed by atoms with Crippen LogP contribution in [0.4, 0.5) is 17.1 Å². The van der Waals surface area contributed by atoms with E-state index in [1.165, 1.54) is 6.07 Å². The molecule has 0 spiro atoms. The summed E-state index contributed by atoms with van der Waals surface area (Å²) >= 11 is 0. The molecule has 110 valence electrons. The maximum atomic E-state index is 11.0. The second kappa shape index (κ2) is 5.45. The van der Waals surface area contributed by atoms with Gasteiger partial charge in [0, 0.05) is 23.9 Å². The van der Waals surface area contributed by atoms with Crippen molar-refractivity contribution in [3.63, 3.8) is 0 Å². The van der Waals surface area contributed by atoms with Crippen LogP contribution in [-0.4, -0.2) is 11.0 Å². The third-order valence-electron chi connectivity index (χ3n) is 3.51. The highest BCUT2D eigenvalue weighted by Gasteiger charge is 2.31. The van der Waals surface area contributed by atoms with E-state index in [0.717, 1.165) is 24.3 Å². The van der Waals surface area contributed by atoms with Crippen molar-refractivity contribution in [1.29, 1.82) is 0 Å². The first kappa shape index (κ1) is 13.4. The second-order valence-electron chi connectivity index (χ2n) is 5.08. The summed E-state index contributed by atoms with van der Waals surface area (Å²) in [5.41, 5.74) is 3.79. The summed E-state index contributed by atoms with van der Waals surface area (Å²) in [5.74, 6) is 6.24. The van der Waals surface area contributed by atoms with Crippen LogP contribution in [0.5, 0.6) is 0 Å². The largest absolute Gasteiger partial charge is 0.467 e. The van der Waals surface area contributed by atoms with E-state index in [9.17, 15) is 10.1 Å². The van der Waals surface area contributed by atoms with Gasteiger partial charge in [0.25, 0.3) is 5.69 Å². The average Bonchev–Trinajstić information content (AvgIpc) is 3.20. The van der Waals surface area contributed by atoms with Crippen molar-refractivity contribution in [2.45, 2.75) is 25.4 Å². The fraction of sp³-hybridized carbons (Fsp3) is 0.286.